The van der Waals surface area contributed by atoms with Crippen LogP contribution in [0.2, 0.25) is 10.0 Å². The molecule has 12 heteroatoms. The molecule has 0 radical (unpaired) electrons. The number of nitrogens with two attached hydrogens (primary N) is 1. The number of hydrogen-bond acceptors (Lipinski definition) is 7. The Balaban J connectivity index is 1.67. The molecule has 2 aliphatic heterocycles. The molecule has 4 rings (SSSR count). The second-order valence-corrected chi connectivity index (χ2v) is 10.6. The van der Waals surface area contributed by atoms with Crippen LogP contribution in [0.1, 0.15) is 30.0 Å². The number of aliphatic carboxylic acids is 1. The Kier molecular flexibility index (Phi) is 5.04. The molecule has 0 aliphatic carbocycles. The summed E-state index contributed by atoms with van der Waals surface area (Å²) in [5, 5.41) is 16.7. The molecule has 9 nitrogen and oxygen atoms in total. The maximum atomic E-state index is 13.2. The molecule has 1 aromatic heterocycles. The Hall–Kier alpha value is -2.27. The number of aryl methyl sites for hydroxylation is 1. The minimum Gasteiger partial charge on any atom is -0.480 e. The number of carbonyl (C=O) groups is 3. The highest BCUT2D eigenvalue weighted by molar-refractivity contribution is 8.02. The van der Waals surface area contributed by atoms with E-state index < -0.39 is 39.6 Å². The molecule has 1 aromatic carbocycles. The zero-order chi connectivity index (χ0) is 22.9. The summed E-state index contributed by atoms with van der Waals surface area (Å²) in [6.07, 6.45) is 0. The van der Waals surface area contributed by atoms with E-state index in [1.54, 1.807) is 32.0 Å². The standard InChI is InChI=1S/C19H18Cl2N4O5S/c1-7-10(12(24-30-7)11-8(20)5-4-6-9(11)21)15(26)23-13-16(27)25-14(17(28)29)18(2,3)31-19(13,25)22/h4-6,13-14H,22H2,1-3H3,(H,23,26)(H,28,29)/t13-,14+,19+/m1/s1. The molecule has 31 heavy (non-hydrogen) atoms. The van der Waals surface area contributed by atoms with Crippen molar-refractivity contribution >= 4 is 52.7 Å². The molecule has 2 aromatic rings. The maximum Gasteiger partial charge on any atom is 0.327 e. The maximum absolute atomic E-state index is 13.2. The molecule has 2 saturated heterocycles. The van der Waals surface area contributed by atoms with Crippen molar-refractivity contribution in [2.45, 2.75) is 42.6 Å². The number of amides is 2. The molecule has 2 aliphatic rings. The lowest BCUT2D eigenvalue weighted by Crippen LogP contribution is -2.81. The molecular formula is C19H18Cl2N4O5S. The first kappa shape index (κ1) is 21.9. The Morgan fingerprint density at radius 2 is 1.94 bits per heavy atom. The van der Waals surface area contributed by atoms with Gasteiger partial charge in [0.2, 0.25) is 0 Å². The lowest BCUT2D eigenvalue weighted by atomic mass is 9.93. The number of nitrogens with zero attached hydrogens (tertiary/aromatic N) is 2. The number of carbonyl (C=O) groups excluding carboxylic acids is 2. The first-order valence-electron chi connectivity index (χ1n) is 9.16. The fourth-order valence-corrected chi connectivity index (χ4v) is 6.41. The predicted molar refractivity (Wildman–Crippen MR) is 115 cm³/mol. The topological polar surface area (TPSA) is 139 Å². The van der Waals surface area contributed by atoms with Crippen LogP contribution in [0.15, 0.2) is 22.7 Å². The van der Waals surface area contributed by atoms with E-state index in [-0.39, 0.29) is 27.1 Å². The second-order valence-electron chi connectivity index (χ2n) is 7.87. The lowest BCUT2D eigenvalue weighted by molar-refractivity contribution is -0.166. The predicted octanol–water partition coefficient (Wildman–Crippen LogP) is 2.49. The van der Waals surface area contributed by atoms with E-state index >= 15 is 0 Å². The van der Waals surface area contributed by atoms with Crippen molar-refractivity contribution < 1.29 is 24.0 Å². The molecule has 2 fully saturated rings. The Morgan fingerprint density at radius 1 is 1.32 bits per heavy atom. The smallest absolute Gasteiger partial charge is 0.327 e. The number of fused-ring (bicyclic) bond motifs is 1. The largest absolute Gasteiger partial charge is 0.480 e. The van der Waals surface area contributed by atoms with Crippen LogP contribution in [-0.2, 0) is 9.59 Å². The molecule has 3 heterocycles. The minimum absolute atomic E-state index is 0.0573. The van der Waals surface area contributed by atoms with Gasteiger partial charge in [0.1, 0.15) is 23.1 Å². The lowest BCUT2D eigenvalue weighted by Gasteiger charge is -2.51. The summed E-state index contributed by atoms with van der Waals surface area (Å²) < 4.78 is 4.35. The number of carboxylic acid groups (broad SMARTS) is 1. The number of aromatic nitrogens is 1. The summed E-state index contributed by atoms with van der Waals surface area (Å²) >= 11 is 13.6. The monoisotopic (exact) mass is 484 g/mol. The second kappa shape index (κ2) is 7.13. The number of β-lactam (4-membered cyclic amide) rings is 1. The van der Waals surface area contributed by atoms with Crippen molar-refractivity contribution in [3.63, 3.8) is 0 Å². The van der Waals surface area contributed by atoms with Gasteiger partial charge in [0.05, 0.1) is 10.0 Å². The van der Waals surface area contributed by atoms with E-state index in [0.29, 0.717) is 5.56 Å². The average molecular weight is 485 g/mol. The molecule has 0 unspecified atom stereocenters. The van der Waals surface area contributed by atoms with Crippen molar-refractivity contribution in [1.82, 2.24) is 15.4 Å². The number of halogens is 2. The molecule has 3 atom stereocenters. The van der Waals surface area contributed by atoms with E-state index in [1.165, 1.54) is 6.92 Å². The zero-order valence-corrected chi connectivity index (χ0v) is 18.9. The fraction of sp³-hybridized carbons (Fsp3) is 0.368. The van der Waals surface area contributed by atoms with Crippen molar-refractivity contribution in [1.29, 1.82) is 0 Å². The Bertz CT molecular complexity index is 1120. The molecular weight excluding hydrogens is 467 g/mol. The van der Waals surface area contributed by atoms with Crippen LogP contribution in [0, 0.1) is 6.92 Å². The Morgan fingerprint density at radius 3 is 2.52 bits per heavy atom. The molecule has 4 N–H and O–H groups in total. The van der Waals surface area contributed by atoms with E-state index in [2.05, 4.69) is 10.5 Å². The molecule has 2 amide bonds. The normalized spacial score (nSPS) is 26.4. The van der Waals surface area contributed by atoms with E-state index in [0.717, 1.165) is 16.7 Å². The van der Waals surface area contributed by atoms with Gasteiger partial charge in [-0.05, 0) is 32.9 Å². The SMILES string of the molecule is Cc1onc(-c2c(Cl)cccc2Cl)c1C(=O)N[C@@H]1C(=O)N2[C@@H](C(=O)O)C(C)(C)S[C@]12N. The average Bonchev–Trinajstić information content (AvgIpc) is 3.12. The van der Waals surface area contributed by atoms with Crippen LogP contribution in [0.4, 0.5) is 0 Å². The number of carboxylic acids is 1. The molecule has 0 spiro atoms. The summed E-state index contributed by atoms with van der Waals surface area (Å²) in [6.45, 7) is 4.92. The summed E-state index contributed by atoms with van der Waals surface area (Å²) in [7, 11) is 0. The van der Waals surface area contributed by atoms with E-state index in [4.69, 9.17) is 33.5 Å². The van der Waals surface area contributed by atoms with E-state index in [1.807, 2.05) is 0 Å². The summed E-state index contributed by atoms with van der Waals surface area (Å²) in [5.74, 6) is -2.20. The number of thioether (sulfide) groups is 1. The number of benzene rings is 1. The first-order valence-corrected chi connectivity index (χ1v) is 10.7. The third-order valence-corrected chi connectivity index (χ3v) is 7.56. The quantitative estimate of drug-likeness (QED) is 0.562. The van der Waals surface area contributed by atoms with Crippen molar-refractivity contribution in [3.8, 4) is 11.3 Å². The van der Waals surface area contributed by atoms with Crippen LogP contribution in [-0.4, -0.2) is 54.8 Å². The molecule has 0 bridgehead atoms. The first-order chi connectivity index (χ1) is 14.4. The molecule has 0 saturated carbocycles. The number of hydrogen-bond donors (Lipinski definition) is 3. The third-order valence-electron chi connectivity index (χ3n) is 5.42. The highest BCUT2D eigenvalue weighted by Gasteiger charge is 2.72. The summed E-state index contributed by atoms with van der Waals surface area (Å²) in [5.41, 5.74) is 6.90. The minimum atomic E-state index is -1.40. The van der Waals surface area contributed by atoms with Crippen LogP contribution in [0.3, 0.4) is 0 Å². The fourth-order valence-electron chi connectivity index (χ4n) is 4.10. The van der Waals surface area contributed by atoms with Crippen molar-refractivity contribution in [2.24, 2.45) is 5.73 Å². The van der Waals surface area contributed by atoms with Crippen molar-refractivity contribution in [3.05, 3.63) is 39.6 Å². The van der Waals surface area contributed by atoms with Crippen LogP contribution in [0.5, 0.6) is 0 Å². The van der Waals surface area contributed by atoms with Crippen LogP contribution in [0.25, 0.3) is 11.3 Å². The number of rotatable bonds is 4. The van der Waals surface area contributed by atoms with Gasteiger partial charge in [0.25, 0.3) is 11.8 Å². The van der Waals surface area contributed by atoms with Gasteiger partial charge < -0.3 is 14.9 Å². The zero-order valence-electron chi connectivity index (χ0n) is 16.6. The summed E-state index contributed by atoms with van der Waals surface area (Å²) in [4.78, 5) is 37.4. The van der Waals surface area contributed by atoms with Gasteiger partial charge in [-0.2, -0.15) is 0 Å². The van der Waals surface area contributed by atoms with Gasteiger partial charge in [-0.3, -0.25) is 20.2 Å². The highest BCUT2D eigenvalue weighted by atomic mass is 35.5. The van der Waals surface area contributed by atoms with Gasteiger partial charge >= 0.3 is 5.97 Å². The van der Waals surface area contributed by atoms with Gasteiger partial charge in [-0.1, -0.05) is 34.4 Å². The summed E-state index contributed by atoms with van der Waals surface area (Å²) in [6, 6.07) is 2.61. The van der Waals surface area contributed by atoms with Gasteiger partial charge in [-0.25, -0.2) is 4.79 Å². The third kappa shape index (κ3) is 3.12. The van der Waals surface area contributed by atoms with Crippen LogP contribution < -0.4 is 11.1 Å². The Labute approximate surface area is 191 Å². The van der Waals surface area contributed by atoms with Gasteiger partial charge in [-0.15, -0.1) is 11.8 Å². The highest BCUT2D eigenvalue weighted by Crippen LogP contribution is 2.55. The van der Waals surface area contributed by atoms with Crippen LogP contribution >= 0.6 is 35.0 Å². The van der Waals surface area contributed by atoms with E-state index in [9.17, 15) is 19.5 Å². The van der Waals surface area contributed by atoms with Gasteiger partial charge in [0, 0.05) is 10.3 Å². The number of nitrogens with one attached hydrogen (secondary N) is 1. The van der Waals surface area contributed by atoms with Crippen molar-refractivity contribution in [2.75, 3.05) is 0 Å². The van der Waals surface area contributed by atoms with Gasteiger partial charge in [0.15, 0.2) is 11.0 Å². The molecule has 164 valence electrons.